The van der Waals surface area contributed by atoms with E-state index in [4.69, 9.17) is 10.5 Å². The van der Waals surface area contributed by atoms with Crippen molar-refractivity contribution < 1.29 is 9.53 Å². The fourth-order valence-corrected chi connectivity index (χ4v) is 2.82. The molecule has 112 valence electrons. The van der Waals surface area contributed by atoms with Gasteiger partial charge in [-0.1, -0.05) is 24.3 Å². The SMILES string of the molecule is CCOC(=O)c1c(N)nsc1N(C)Cc1ccccc1C. The maximum Gasteiger partial charge on any atom is 0.345 e. The number of nitrogen functional groups attached to an aromatic ring is 1. The number of nitrogens with zero attached hydrogens (tertiary/aromatic N) is 2. The second-order valence-corrected chi connectivity index (χ2v) is 5.50. The topological polar surface area (TPSA) is 68.5 Å². The molecule has 2 rings (SSSR count). The highest BCUT2D eigenvalue weighted by Gasteiger charge is 2.23. The summed E-state index contributed by atoms with van der Waals surface area (Å²) < 4.78 is 9.13. The summed E-state index contributed by atoms with van der Waals surface area (Å²) in [5, 5.41) is 0.731. The van der Waals surface area contributed by atoms with Gasteiger partial charge in [-0.15, -0.1) is 0 Å². The van der Waals surface area contributed by atoms with Crippen LogP contribution < -0.4 is 10.6 Å². The van der Waals surface area contributed by atoms with Gasteiger partial charge < -0.3 is 15.4 Å². The number of hydrogen-bond acceptors (Lipinski definition) is 6. The van der Waals surface area contributed by atoms with E-state index in [9.17, 15) is 4.79 Å². The molecule has 0 aliphatic rings. The van der Waals surface area contributed by atoms with Crippen molar-refractivity contribution in [2.45, 2.75) is 20.4 Å². The number of carbonyl (C=O) groups is 1. The van der Waals surface area contributed by atoms with E-state index in [1.807, 2.05) is 24.1 Å². The number of benzene rings is 1. The first kappa shape index (κ1) is 15.3. The predicted molar refractivity (Wildman–Crippen MR) is 85.8 cm³/mol. The zero-order valence-corrected chi connectivity index (χ0v) is 13.2. The standard InChI is InChI=1S/C15H19N3O2S/c1-4-20-15(19)12-13(16)17-21-14(12)18(3)9-11-8-6-5-7-10(11)2/h5-8H,4,9H2,1-3H3,(H2,16,17). The van der Waals surface area contributed by atoms with Gasteiger partial charge in [0, 0.05) is 13.6 Å². The normalized spacial score (nSPS) is 10.4. The summed E-state index contributed by atoms with van der Waals surface area (Å²) in [7, 11) is 1.92. The lowest BCUT2D eigenvalue weighted by Gasteiger charge is -2.19. The Labute approximate surface area is 128 Å². The van der Waals surface area contributed by atoms with Crippen LogP contribution in [0.5, 0.6) is 0 Å². The van der Waals surface area contributed by atoms with Crippen LogP contribution in [0, 0.1) is 6.92 Å². The Hall–Kier alpha value is -2.08. The molecule has 1 aromatic heterocycles. The monoisotopic (exact) mass is 305 g/mol. The third kappa shape index (κ3) is 3.33. The van der Waals surface area contributed by atoms with Gasteiger partial charge in [-0.25, -0.2) is 4.79 Å². The largest absolute Gasteiger partial charge is 0.462 e. The first-order chi connectivity index (χ1) is 10.0. The molecule has 0 spiro atoms. The van der Waals surface area contributed by atoms with Crippen molar-refractivity contribution in [3.8, 4) is 0 Å². The molecule has 0 saturated heterocycles. The molecule has 0 aliphatic heterocycles. The number of aryl methyl sites for hydroxylation is 1. The van der Waals surface area contributed by atoms with Gasteiger partial charge in [-0.05, 0) is 36.5 Å². The van der Waals surface area contributed by atoms with E-state index in [0.717, 1.165) is 5.00 Å². The van der Waals surface area contributed by atoms with Gasteiger partial charge in [0.1, 0.15) is 10.6 Å². The average molecular weight is 305 g/mol. The van der Waals surface area contributed by atoms with Crippen molar-refractivity contribution in [2.75, 3.05) is 24.3 Å². The lowest BCUT2D eigenvalue weighted by molar-refractivity contribution is 0.0528. The molecule has 2 aromatic rings. The van der Waals surface area contributed by atoms with E-state index >= 15 is 0 Å². The number of anilines is 2. The highest BCUT2D eigenvalue weighted by atomic mass is 32.1. The zero-order valence-electron chi connectivity index (χ0n) is 12.4. The Balaban J connectivity index is 2.26. The summed E-state index contributed by atoms with van der Waals surface area (Å²) in [6, 6.07) is 8.15. The van der Waals surface area contributed by atoms with Crippen LogP contribution >= 0.6 is 11.5 Å². The Morgan fingerprint density at radius 3 is 2.81 bits per heavy atom. The average Bonchev–Trinajstić information content (AvgIpc) is 2.83. The highest BCUT2D eigenvalue weighted by Crippen LogP contribution is 2.31. The number of hydrogen-bond donors (Lipinski definition) is 1. The number of ether oxygens (including phenoxy) is 1. The van der Waals surface area contributed by atoms with Crippen LogP contribution in [0.15, 0.2) is 24.3 Å². The summed E-state index contributed by atoms with van der Waals surface area (Å²) in [6.45, 7) is 4.83. The fourth-order valence-electron chi connectivity index (χ4n) is 2.06. The molecule has 0 amide bonds. The molecule has 1 aromatic carbocycles. The minimum atomic E-state index is -0.421. The molecule has 5 nitrogen and oxygen atoms in total. The van der Waals surface area contributed by atoms with Gasteiger partial charge in [0.2, 0.25) is 0 Å². The molecular weight excluding hydrogens is 286 g/mol. The lowest BCUT2D eigenvalue weighted by atomic mass is 10.1. The predicted octanol–water partition coefficient (Wildman–Crippen LogP) is 2.85. The van der Waals surface area contributed by atoms with E-state index in [1.165, 1.54) is 22.7 Å². The lowest BCUT2D eigenvalue weighted by Crippen LogP contribution is -2.19. The maximum atomic E-state index is 12.0. The van der Waals surface area contributed by atoms with Crippen molar-refractivity contribution >= 4 is 28.3 Å². The van der Waals surface area contributed by atoms with Crippen LogP contribution in [0.4, 0.5) is 10.8 Å². The quantitative estimate of drug-likeness (QED) is 0.860. The van der Waals surface area contributed by atoms with Gasteiger partial charge in [-0.3, -0.25) is 0 Å². The summed E-state index contributed by atoms with van der Waals surface area (Å²) in [4.78, 5) is 14.0. The van der Waals surface area contributed by atoms with Crippen LogP contribution in [0.3, 0.4) is 0 Å². The van der Waals surface area contributed by atoms with Crippen molar-refractivity contribution in [1.82, 2.24) is 4.37 Å². The molecule has 21 heavy (non-hydrogen) atoms. The molecule has 0 atom stereocenters. The molecule has 0 saturated carbocycles. The second-order valence-electron chi connectivity index (χ2n) is 4.75. The second kappa shape index (κ2) is 6.58. The molecular formula is C15H19N3O2S. The first-order valence-corrected chi connectivity index (χ1v) is 7.49. The molecule has 0 radical (unpaired) electrons. The van der Waals surface area contributed by atoms with E-state index in [-0.39, 0.29) is 5.82 Å². The van der Waals surface area contributed by atoms with Crippen LogP contribution in [-0.4, -0.2) is 24.0 Å². The van der Waals surface area contributed by atoms with E-state index in [0.29, 0.717) is 18.7 Å². The first-order valence-electron chi connectivity index (χ1n) is 6.72. The molecule has 0 fully saturated rings. The number of esters is 1. The van der Waals surface area contributed by atoms with Gasteiger partial charge in [-0.2, -0.15) is 4.37 Å². The van der Waals surface area contributed by atoms with E-state index in [2.05, 4.69) is 23.4 Å². The Bertz CT molecular complexity index is 640. The summed E-state index contributed by atoms with van der Waals surface area (Å²) in [5.41, 5.74) is 8.57. The maximum absolute atomic E-state index is 12.0. The zero-order chi connectivity index (χ0) is 15.4. The minimum Gasteiger partial charge on any atom is -0.462 e. The molecule has 0 bridgehead atoms. The smallest absolute Gasteiger partial charge is 0.345 e. The molecule has 2 N–H and O–H groups in total. The number of rotatable bonds is 5. The molecule has 0 unspecified atom stereocenters. The van der Waals surface area contributed by atoms with Gasteiger partial charge in [0.05, 0.1) is 6.61 Å². The summed E-state index contributed by atoms with van der Waals surface area (Å²) in [6.07, 6.45) is 0. The third-order valence-corrected chi connectivity index (χ3v) is 4.17. The van der Waals surface area contributed by atoms with Crippen molar-refractivity contribution in [2.24, 2.45) is 0 Å². The van der Waals surface area contributed by atoms with Crippen molar-refractivity contribution in [1.29, 1.82) is 0 Å². The van der Waals surface area contributed by atoms with Crippen LogP contribution in [0.1, 0.15) is 28.4 Å². The van der Waals surface area contributed by atoms with Gasteiger partial charge >= 0.3 is 5.97 Å². The number of carbonyl (C=O) groups excluding carboxylic acids is 1. The van der Waals surface area contributed by atoms with E-state index in [1.54, 1.807) is 6.92 Å². The fraction of sp³-hybridized carbons (Fsp3) is 0.333. The summed E-state index contributed by atoms with van der Waals surface area (Å²) in [5.74, 6) is -0.194. The molecule has 6 heteroatoms. The van der Waals surface area contributed by atoms with Gasteiger partial charge in [0.15, 0.2) is 5.82 Å². The van der Waals surface area contributed by atoms with Gasteiger partial charge in [0.25, 0.3) is 0 Å². The Morgan fingerprint density at radius 1 is 1.43 bits per heavy atom. The molecule has 1 heterocycles. The Morgan fingerprint density at radius 2 is 2.14 bits per heavy atom. The minimum absolute atomic E-state index is 0.227. The van der Waals surface area contributed by atoms with Crippen molar-refractivity contribution in [3.05, 3.63) is 41.0 Å². The number of aromatic nitrogens is 1. The third-order valence-electron chi connectivity index (χ3n) is 3.20. The van der Waals surface area contributed by atoms with Crippen LogP contribution in [-0.2, 0) is 11.3 Å². The van der Waals surface area contributed by atoms with Crippen LogP contribution in [0.2, 0.25) is 0 Å². The molecule has 0 aliphatic carbocycles. The van der Waals surface area contributed by atoms with Crippen LogP contribution in [0.25, 0.3) is 0 Å². The van der Waals surface area contributed by atoms with Crippen molar-refractivity contribution in [3.63, 3.8) is 0 Å². The summed E-state index contributed by atoms with van der Waals surface area (Å²) >= 11 is 1.21. The van der Waals surface area contributed by atoms with E-state index < -0.39 is 5.97 Å². The Kier molecular flexibility index (Phi) is 4.80. The number of nitrogens with two attached hydrogens (primary N) is 1. The highest BCUT2D eigenvalue weighted by molar-refractivity contribution is 7.11.